The second-order valence-electron chi connectivity index (χ2n) is 8.00. The van der Waals surface area contributed by atoms with E-state index < -0.39 is 16.0 Å². The molecule has 0 unspecified atom stereocenters. The fraction of sp³-hybridized carbons (Fsp3) is 0.200. The number of Topliss-reactive ketones (excluding diaryl/α,β-unsaturated/α-hetero) is 1. The highest BCUT2D eigenvalue weighted by Crippen LogP contribution is 2.24. The third-order valence-corrected chi connectivity index (χ3v) is 6.77. The van der Waals surface area contributed by atoms with Gasteiger partial charge in [-0.1, -0.05) is 18.2 Å². The molecule has 0 saturated heterocycles. The molecule has 0 bridgehead atoms. The van der Waals surface area contributed by atoms with E-state index in [-0.39, 0.29) is 17.3 Å². The fourth-order valence-electron chi connectivity index (χ4n) is 4.18. The van der Waals surface area contributed by atoms with Crippen molar-refractivity contribution in [2.45, 2.75) is 32.2 Å². The van der Waals surface area contributed by atoms with E-state index in [1.165, 1.54) is 12.1 Å². The van der Waals surface area contributed by atoms with Crippen LogP contribution >= 0.6 is 0 Å². The quantitative estimate of drug-likeness (QED) is 0.320. The topological polar surface area (TPSA) is 113 Å². The third-order valence-electron chi connectivity index (χ3n) is 5.84. The van der Waals surface area contributed by atoms with Crippen LogP contribution in [0.2, 0.25) is 0 Å². The molecule has 0 aliphatic carbocycles. The Labute approximate surface area is 197 Å². The van der Waals surface area contributed by atoms with Crippen LogP contribution in [-0.4, -0.2) is 35.9 Å². The maximum atomic E-state index is 12.9. The van der Waals surface area contributed by atoms with Gasteiger partial charge in [0.1, 0.15) is 0 Å². The molecule has 2 aromatic carbocycles. The molecule has 0 aliphatic heterocycles. The summed E-state index contributed by atoms with van der Waals surface area (Å²) in [4.78, 5) is 25.7. The van der Waals surface area contributed by atoms with Gasteiger partial charge < -0.3 is 13.9 Å². The van der Waals surface area contributed by atoms with E-state index in [4.69, 9.17) is 9.88 Å². The predicted octanol–water partition coefficient (Wildman–Crippen LogP) is 3.76. The molecular formula is C25H25N3O5S. The Morgan fingerprint density at radius 2 is 1.68 bits per heavy atom. The first-order chi connectivity index (χ1) is 16.1. The van der Waals surface area contributed by atoms with E-state index in [1.54, 1.807) is 31.3 Å². The van der Waals surface area contributed by atoms with Gasteiger partial charge in [-0.2, -0.15) is 0 Å². The van der Waals surface area contributed by atoms with Gasteiger partial charge in [0.15, 0.2) is 6.61 Å². The minimum absolute atomic E-state index is 0.00588. The van der Waals surface area contributed by atoms with Gasteiger partial charge in [0.05, 0.1) is 10.5 Å². The number of hydrogen-bond donors (Lipinski definition) is 1. The lowest BCUT2D eigenvalue weighted by atomic mass is 10.1. The molecule has 2 heterocycles. The van der Waals surface area contributed by atoms with E-state index in [1.807, 2.05) is 47.2 Å². The van der Waals surface area contributed by atoms with Gasteiger partial charge in [-0.25, -0.2) is 18.4 Å². The average molecular weight is 480 g/mol. The monoisotopic (exact) mass is 479 g/mol. The zero-order chi connectivity index (χ0) is 24.6. The Morgan fingerprint density at radius 1 is 1.00 bits per heavy atom. The van der Waals surface area contributed by atoms with Crippen LogP contribution in [0.3, 0.4) is 0 Å². The van der Waals surface area contributed by atoms with Crippen LogP contribution in [0.25, 0.3) is 16.6 Å². The predicted molar refractivity (Wildman–Crippen MR) is 129 cm³/mol. The second-order valence-corrected chi connectivity index (χ2v) is 9.57. The standard InChI is InChI=1S/C25H25N3O5S/c1-4-27-14-22(20-7-5-6-8-23(20)27)25(30)33-15-24(29)21-13-16(2)28(17(21)3)18-9-11-19(12-10-18)34(26,31)32/h5-14H,4,15H2,1-3H3,(H2,26,31,32). The van der Waals surface area contributed by atoms with Crippen molar-refractivity contribution in [1.29, 1.82) is 0 Å². The molecule has 0 saturated carbocycles. The summed E-state index contributed by atoms with van der Waals surface area (Å²) in [6, 6.07) is 15.4. The first-order valence-electron chi connectivity index (χ1n) is 10.7. The number of nitrogens with zero attached hydrogens (tertiary/aromatic N) is 2. The van der Waals surface area contributed by atoms with Crippen LogP contribution in [0.1, 0.15) is 39.0 Å². The van der Waals surface area contributed by atoms with Crippen molar-refractivity contribution in [1.82, 2.24) is 9.13 Å². The van der Waals surface area contributed by atoms with Crippen LogP contribution in [-0.2, 0) is 21.3 Å². The van der Waals surface area contributed by atoms with E-state index in [0.717, 1.165) is 16.6 Å². The maximum absolute atomic E-state index is 12.9. The first kappa shape index (κ1) is 23.5. The number of aromatic nitrogens is 2. The highest BCUT2D eigenvalue weighted by Gasteiger charge is 2.21. The number of carbonyl (C=O) groups excluding carboxylic acids is 2. The number of carbonyl (C=O) groups is 2. The largest absolute Gasteiger partial charge is 0.454 e. The van der Waals surface area contributed by atoms with Crippen molar-refractivity contribution in [3.63, 3.8) is 0 Å². The van der Waals surface area contributed by atoms with Crippen LogP contribution in [0.4, 0.5) is 0 Å². The van der Waals surface area contributed by atoms with Crippen LogP contribution < -0.4 is 5.14 Å². The molecule has 34 heavy (non-hydrogen) atoms. The van der Waals surface area contributed by atoms with Gasteiger partial charge in [-0.15, -0.1) is 0 Å². The summed E-state index contributed by atoms with van der Waals surface area (Å²) in [7, 11) is -3.80. The molecular weight excluding hydrogens is 454 g/mol. The van der Waals surface area contributed by atoms with Crippen LogP contribution in [0.5, 0.6) is 0 Å². The molecule has 2 aromatic heterocycles. The summed E-state index contributed by atoms with van der Waals surface area (Å²) in [6.07, 6.45) is 1.74. The van der Waals surface area contributed by atoms with E-state index in [2.05, 4.69) is 0 Å². The Bertz CT molecular complexity index is 1510. The van der Waals surface area contributed by atoms with Crippen molar-refractivity contribution in [2.24, 2.45) is 5.14 Å². The summed E-state index contributed by atoms with van der Waals surface area (Å²) in [5, 5.41) is 5.95. The molecule has 0 amide bonds. The number of rotatable bonds is 7. The lowest BCUT2D eigenvalue weighted by Gasteiger charge is -2.10. The lowest BCUT2D eigenvalue weighted by molar-refractivity contribution is 0.0476. The number of ether oxygens (including phenoxy) is 1. The molecule has 8 nitrogen and oxygen atoms in total. The van der Waals surface area contributed by atoms with E-state index in [0.29, 0.717) is 29.1 Å². The minimum atomic E-state index is -3.80. The number of fused-ring (bicyclic) bond motifs is 1. The third kappa shape index (κ3) is 4.27. The Morgan fingerprint density at radius 3 is 2.32 bits per heavy atom. The van der Waals surface area contributed by atoms with Gasteiger partial charge in [-0.3, -0.25) is 4.79 Å². The summed E-state index contributed by atoms with van der Waals surface area (Å²) < 4.78 is 32.2. The SMILES string of the molecule is CCn1cc(C(=O)OCC(=O)c2cc(C)n(-c3ccc(S(N)(=O)=O)cc3)c2C)c2ccccc21. The minimum Gasteiger partial charge on any atom is -0.454 e. The highest BCUT2D eigenvalue weighted by molar-refractivity contribution is 7.89. The molecule has 4 aromatic rings. The number of sulfonamides is 1. The summed E-state index contributed by atoms with van der Waals surface area (Å²) in [5.74, 6) is -0.878. The van der Waals surface area contributed by atoms with Crippen molar-refractivity contribution in [3.05, 3.63) is 83.3 Å². The zero-order valence-corrected chi connectivity index (χ0v) is 19.9. The summed E-state index contributed by atoms with van der Waals surface area (Å²) in [6.45, 7) is 5.92. The molecule has 0 radical (unpaired) electrons. The van der Waals surface area contributed by atoms with Crippen molar-refractivity contribution < 1.29 is 22.7 Å². The van der Waals surface area contributed by atoms with Crippen molar-refractivity contribution >= 4 is 32.7 Å². The van der Waals surface area contributed by atoms with E-state index in [9.17, 15) is 18.0 Å². The number of primary sulfonamides is 1. The van der Waals surface area contributed by atoms with E-state index >= 15 is 0 Å². The summed E-state index contributed by atoms with van der Waals surface area (Å²) >= 11 is 0. The molecule has 4 rings (SSSR count). The van der Waals surface area contributed by atoms with Gasteiger partial charge in [-0.05, 0) is 57.2 Å². The number of aryl methyl sites for hydroxylation is 2. The number of nitrogens with two attached hydrogens (primary N) is 1. The average Bonchev–Trinajstić information content (AvgIpc) is 3.33. The number of benzene rings is 2. The molecule has 9 heteroatoms. The lowest BCUT2D eigenvalue weighted by Crippen LogP contribution is -2.15. The number of para-hydroxylation sites is 1. The van der Waals surface area contributed by atoms with Crippen LogP contribution in [0, 0.1) is 13.8 Å². The number of ketones is 1. The smallest absolute Gasteiger partial charge is 0.340 e. The zero-order valence-electron chi connectivity index (χ0n) is 19.1. The van der Waals surface area contributed by atoms with Gasteiger partial charge >= 0.3 is 5.97 Å². The van der Waals surface area contributed by atoms with Gasteiger partial charge in [0.2, 0.25) is 15.8 Å². The van der Waals surface area contributed by atoms with Crippen molar-refractivity contribution in [3.8, 4) is 5.69 Å². The normalized spacial score (nSPS) is 11.6. The second kappa shape index (κ2) is 8.92. The Kier molecular flexibility index (Phi) is 6.16. The van der Waals surface area contributed by atoms with Gasteiger partial charge in [0, 0.05) is 46.3 Å². The molecule has 176 valence electrons. The fourth-order valence-corrected chi connectivity index (χ4v) is 4.70. The van der Waals surface area contributed by atoms with Crippen LogP contribution in [0.15, 0.2) is 65.7 Å². The molecule has 0 aliphatic rings. The molecule has 2 N–H and O–H groups in total. The summed E-state index contributed by atoms with van der Waals surface area (Å²) in [5.41, 5.74) is 3.90. The highest BCUT2D eigenvalue weighted by atomic mass is 32.2. The van der Waals surface area contributed by atoms with Gasteiger partial charge in [0.25, 0.3) is 0 Å². The Balaban J connectivity index is 1.54. The number of esters is 1. The number of hydrogen-bond acceptors (Lipinski definition) is 5. The molecule has 0 atom stereocenters. The maximum Gasteiger partial charge on any atom is 0.340 e. The molecule has 0 spiro atoms. The first-order valence-corrected chi connectivity index (χ1v) is 12.3. The van der Waals surface area contributed by atoms with Crippen molar-refractivity contribution in [2.75, 3.05) is 6.61 Å². The Hall–Kier alpha value is -3.69. The molecule has 0 fully saturated rings.